The normalized spacial score (nSPS) is 20.7. The second-order valence-electron chi connectivity index (χ2n) is 3.99. The summed E-state index contributed by atoms with van der Waals surface area (Å²) in [6, 6.07) is 0.486. The summed E-state index contributed by atoms with van der Waals surface area (Å²) in [7, 11) is 0. The molecule has 1 aliphatic heterocycles. The number of anilines is 1. The van der Waals surface area contributed by atoms with E-state index in [0.29, 0.717) is 11.9 Å². The molecule has 1 fully saturated rings. The lowest BCUT2D eigenvalue weighted by Gasteiger charge is -2.11. The largest absolute Gasteiger partial charge is 0.383 e. The van der Waals surface area contributed by atoms with E-state index in [1.807, 2.05) is 0 Å². The van der Waals surface area contributed by atoms with Crippen molar-refractivity contribution in [3.05, 3.63) is 16.1 Å². The molecule has 0 aliphatic carbocycles. The van der Waals surface area contributed by atoms with Crippen molar-refractivity contribution in [2.45, 2.75) is 12.5 Å². The number of rotatable bonds is 1. The molecule has 0 radical (unpaired) electrons. The first-order valence-electron chi connectivity index (χ1n) is 5.24. The summed E-state index contributed by atoms with van der Waals surface area (Å²) in [6.45, 7) is 2.07. The molecule has 0 aromatic carbocycles. The number of halogens is 1. The Kier molecular flexibility index (Phi) is 2.47. The van der Waals surface area contributed by atoms with Gasteiger partial charge in [0.05, 0.1) is 5.39 Å². The van der Waals surface area contributed by atoms with Crippen LogP contribution in [0.15, 0.2) is 12.5 Å². The van der Waals surface area contributed by atoms with E-state index in [1.54, 1.807) is 0 Å². The van der Waals surface area contributed by atoms with Crippen LogP contribution < -0.4 is 11.1 Å². The van der Waals surface area contributed by atoms with Gasteiger partial charge < -0.3 is 15.6 Å². The molecular formula is C10H12IN5. The van der Waals surface area contributed by atoms with Gasteiger partial charge in [0.1, 0.15) is 17.8 Å². The maximum Gasteiger partial charge on any atom is 0.146 e. The minimum Gasteiger partial charge on any atom is -0.383 e. The molecule has 0 amide bonds. The highest BCUT2D eigenvalue weighted by atomic mass is 127. The fourth-order valence-electron chi connectivity index (χ4n) is 2.22. The standard InChI is InChI=1S/C10H12IN5/c11-7-4-16(6-1-2-13-3-6)10-8(7)9(12)14-5-15-10/h4-6,13H,1-3H2,(H2,12,14,15). The van der Waals surface area contributed by atoms with E-state index < -0.39 is 0 Å². The first-order valence-corrected chi connectivity index (χ1v) is 6.32. The number of nitrogens with zero attached hydrogens (tertiary/aromatic N) is 3. The van der Waals surface area contributed by atoms with Crippen LogP contribution in [0.2, 0.25) is 0 Å². The van der Waals surface area contributed by atoms with Crippen LogP contribution in [0, 0.1) is 3.57 Å². The van der Waals surface area contributed by atoms with Gasteiger partial charge in [-0.15, -0.1) is 0 Å². The molecule has 3 N–H and O–H groups in total. The highest BCUT2D eigenvalue weighted by Crippen LogP contribution is 2.29. The van der Waals surface area contributed by atoms with Crippen molar-refractivity contribution in [1.82, 2.24) is 19.9 Å². The number of hydrogen-bond donors (Lipinski definition) is 2. The smallest absolute Gasteiger partial charge is 0.146 e. The van der Waals surface area contributed by atoms with Crippen molar-refractivity contribution in [2.75, 3.05) is 18.8 Å². The van der Waals surface area contributed by atoms with E-state index in [0.717, 1.165) is 34.1 Å². The van der Waals surface area contributed by atoms with Gasteiger partial charge in [0.2, 0.25) is 0 Å². The summed E-state index contributed by atoms with van der Waals surface area (Å²) in [5.41, 5.74) is 6.83. The summed E-state index contributed by atoms with van der Waals surface area (Å²) in [5, 5.41) is 4.34. The van der Waals surface area contributed by atoms with Gasteiger partial charge in [0.25, 0.3) is 0 Å². The first kappa shape index (κ1) is 10.3. The molecule has 2 aromatic heterocycles. The zero-order valence-corrected chi connectivity index (χ0v) is 10.8. The predicted octanol–water partition coefficient (Wildman–Crippen LogP) is 1.15. The Hall–Kier alpha value is -0.890. The number of hydrogen-bond acceptors (Lipinski definition) is 4. The lowest BCUT2D eigenvalue weighted by molar-refractivity contribution is 0.561. The lowest BCUT2D eigenvalue weighted by atomic mass is 10.2. The minimum absolute atomic E-state index is 0.486. The summed E-state index contributed by atoms with van der Waals surface area (Å²) in [6.07, 6.45) is 4.80. The van der Waals surface area contributed by atoms with E-state index in [4.69, 9.17) is 5.73 Å². The van der Waals surface area contributed by atoms with Crippen LogP contribution in [-0.2, 0) is 0 Å². The van der Waals surface area contributed by atoms with Gasteiger partial charge in [-0.25, -0.2) is 9.97 Å². The Balaban J connectivity index is 2.22. The topological polar surface area (TPSA) is 68.8 Å². The maximum atomic E-state index is 5.88. The molecule has 2 aromatic rings. The van der Waals surface area contributed by atoms with Crippen molar-refractivity contribution in [3.63, 3.8) is 0 Å². The van der Waals surface area contributed by atoms with Crippen molar-refractivity contribution < 1.29 is 0 Å². The van der Waals surface area contributed by atoms with Crippen molar-refractivity contribution in [2.24, 2.45) is 0 Å². The molecule has 84 valence electrons. The molecular weight excluding hydrogens is 317 g/mol. The van der Waals surface area contributed by atoms with Crippen LogP contribution in [-0.4, -0.2) is 27.6 Å². The van der Waals surface area contributed by atoms with Gasteiger partial charge in [-0.2, -0.15) is 0 Å². The molecule has 3 rings (SSSR count). The third kappa shape index (κ3) is 1.47. The molecule has 1 aliphatic rings. The molecule has 16 heavy (non-hydrogen) atoms. The number of nitrogens with two attached hydrogens (primary N) is 1. The molecule has 0 saturated carbocycles. The highest BCUT2D eigenvalue weighted by Gasteiger charge is 2.20. The SMILES string of the molecule is Nc1ncnc2c1c(I)cn2C1CCNC1. The summed E-state index contributed by atoms with van der Waals surface area (Å²) < 4.78 is 3.34. The number of nitrogens with one attached hydrogen (secondary N) is 1. The third-order valence-corrected chi connectivity index (χ3v) is 3.84. The molecule has 0 bridgehead atoms. The summed E-state index contributed by atoms with van der Waals surface area (Å²) in [4.78, 5) is 8.39. The van der Waals surface area contributed by atoms with Gasteiger partial charge in [-0.3, -0.25) is 0 Å². The molecule has 1 saturated heterocycles. The average Bonchev–Trinajstić information content (AvgIpc) is 2.86. The monoisotopic (exact) mass is 329 g/mol. The molecule has 5 nitrogen and oxygen atoms in total. The fourth-order valence-corrected chi connectivity index (χ4v) is 3.03. The Labute approximate surface area is 107 Å². The van der Waals surface area contributed by atoms with E-state index in [-0.39, 0.29) is 0 Å². The van der Waals surface area contributed by atoms with E-state index in [2.05, 4.69) is 48.6 Å². The van der Waals surface area contributed by atoms with Crippen LogP contribution in [0.5, 0.6) is 0 Å². The van der Waals surface area contributed by atoms with E-state index >= 15 is 0 Å². The fraction of sp³-hybridized carbons (Fsp3) is 0.400. The molecule has 1 atom stereocenters. The minimum atomic E-state index is 0.486. The van der Waals surface area contributed by atoms with E-state index in [1.165, 1.54) is 6.33 Å². The zero-order chi connectivity index (χ0) is 11.1. The second kappa shape index (κ2) is 3.85. The Bertz CT molecular complexity index is 529. The van der Waals surface area contributed by atoms with Gasteiger partial charge in [0, 0.05) is 22.4 Å². The first-order chi connectivity index (χ1) is 7.77. The second-order valence-corrected chi connectivity index (χ2v) is 5.15. The quantitative estimate of drug-likeness (QED) is 0.771. The molecule has 6 heteroatoms. The molecule has 1 unspecified atom stereocenters. The van der Waals surface area contributed by atoms with Gasteiger partial charge >= 0.3 is 0 Å². The average molecular weight is 329 g/mol. The van der Waals surface area contributed by atoms with Gasteiger partial charge in [-0.1, -0.05) is 0 Å². The number of fused-ring (bicyclic) bond motifs is 1. The molecule has 3 heterocycles. The third-order valence-electron chi connectivity index (χ3n) is 3.02. The Morgan fingerprint density at radius 2 is 2.38 bits per heavy atom. The van der Waals surface area contributed by atoms with Crippen molar-refractivity contribution in [3.8, 4) is 0 Å². The summed E-state index contributed by atoms with van der Waals surface area (Å²) >= 11 is 2.29. The molecule has 0 spiro atoms. The highest BCUT2D eigenvalue weighted by molar-refractivity contribution is 14.1. The maximum absolute atomic E-state index is 5.88. The van der Waals surface area contributed by atoms with Crippen LogP contribution in [0.3, 0.4) is 0 Å². The van der Waals surface area contributed by atoms with Crippen LogP contribution >= 0.6 is 22.6 Å². The Morgan fingerprint density at radius 3 is 3.12 bits per heavy atom. The summed E-state index contributed by atoms with van der Waals surface area (Å²) in [5.74, 6) is 0.569. The van der Waals surface area contributed by atoms with Crippen LogP contribution in [0.4, 0.5) is 5.82 Å². The lowest BCUT2D eigenvalue weighted by Crippen LogP contribution is -2.13. The zero-order valence-electron chi connectivity index (χ0n) is 8.65. The van der Waals surface area contributed by atoms with Crippen LogP contribution in [0.25, 0.3) is 11.0 Å². The predicted molar refractivity (Wildman–Crippen MR) is 71.2 cm³/mol. The van der Waals surface area contributed by atoms with Gasteiger partial charge in [-0.05, 0) is 35.6 Å². The van der Waals surface area contributed by atoms with Crippen LogP contribution in [0.1, 0.15) is 12.5 Å². The van der Waals surface area contributed by atoms with E-state index in [9.17, 15) is 0 Å². The Morgan fingerprint density at radius 1 is 1.50 bits per heavy atom. The van der Waals surface area contributed by atoms with Gasteiger partial charge in [0.15, 0.2) is 0 Å². The number of nitrogen functional groups attached to an aromatic ring is 1. The van der Waals surface area contributed by atoms with Crippen molar-refractivity contribution in [1.29, 1.82) is 0 Å². The number of aromatic nitrogens is 3. The van der Waals surface area contributed by atoms with Crippen molar-refractivity contribution >= 4 is 39.4 Å².